The minimum atomic E-state index is -0.928. The summed E-state index contributed by atoms with van der Waals surface area (Å²) in [6, 6.07) is 14.0. The molecule has 2 unspecified atom stereocenters. The molecule has 36 heavy (non-hydrogen) atoms. The lowest BCUT2D eigenvalue weighted by molar-refractivity contribution is -0.181. The van der Waals surface area contributed by atoms with Crippen molar-refractivity contribution in [3.63, 3.8) is 0 Å². The summed E-state index contributed by atoms with van der Waals surface area (Å²) >= 11 is 13.3. The lowest BCUT2D eigenvalue weighted by Gasteiger charge is -2.48. The Kier molecular flexibility index (Phi) is 9.95. The standard InChI is InChI=1S/C23H31ClFNO2S.C6H5Cl/c1-6-11-23(5)21(27)26(20(15-7-8-15)14-29-22(2,3)4)19(13-28-23)16-9-10-17(24)18(25)12-16;7-6-4-2-1-3-5-6/h6,9-10,12,15,19-20H,1,7-8,11,13-14H2,2-5H3;1-5H/t19?,20?,23-;/m1./s1. The number of ether oxygens (including phenoxy) is 1. The van der Waals surface area contributed by atoms with Crippen LogP contribution >= 0.6 is 35.0 Å². The molecule has 3 atom stereocenters. The van der Waals surface area contributed by atoms with E-state index in [4.69, 9.17) is 27.9 Å². The first-order valence-electron chi connectivity index (χ1n) is 12.3. The molecule has 3 nitrogen and oxygen atoms in total. The molecule has 2 aromatic carbocycles. The molecule has 0 radical (unpaired) electrons. The van der Waals surface area contributed by atoms with Gasteiger partial charge in [-0.1, -0.05) is 74.3 Å². The minimum absolute atomic E-state index is 0.0320. The Labute approximate surface area is 229 Å². The van der Waals surface area contributed by atoms with E-state index in [-0.39, 0.29) is 27.8 Å². The van der Waals surface area contributed by atoms with Crippen LogP contribution in [0.15, 0.2) is 61.2 Å². The Balaban J connectivity index is 0.000000444. The van der Waals surface area contributed by atoms with Crippen molar-refractivity contribution in [3.05, 3.63) is 82.6 Å². The molecule has 2 aliphatic rings. The highest BCUT2D eigenvalue weighted by Crippen LogP contribution is 2.45. The van der Waals surface area contributed by atoms with Crippen molar-refractivity contribution in [2.45, 2.75) is 69.4 Å². The summed E-state index contributed by atoms with van der Waals surface area (Å²) < 4.78 is 20.4. The van der Waals surface area contributed by atoms with Crippen molar-refractivity contribution in [1.29, 1.82) is 0 Å². The van der Waals surface area contributed by atoms with Gasteiger partial charge in [0, 0.05) is 28.0 Å². The normalized spacial score (nSPS) is 23.0. The average Bonchev–Trinajstić information content (AvgIpc) is 3.65. The number of benzene rings is 2. The molecule has 1 heterocycles. The molecule has 0 bridgehead atoms. The van der Waals surface area contributed by atoms with Crippen LogP contribution in [-0.2, 0) is 9.53 Å². The van der Waals surface area contributed by atoms with E-state index in [0.29, 0.717) is 18.9 Å². The van der Waals surface area contributed by atoms with Crippen molar-refractivity contribution in [2.75, 3.05) is 12.4 Å². The van der Waals surface area contributed by atoms with Crippen molar-refractivity contribution in [3.8, 4) is 0 Å². The van der Waals surface area contributed by atoms with Gasteiger partial charge < -0.3 is 9.64 Å². The summed E-state index contributed by atoms with van der Waals surface area (Å²) in [4.78, 5) is 15.7. The van der Waals surface area contributed by atoms with Gasteiger partial charge in [-0.15, -0.1) is 6.58 Å². The highest BCUT2D eigenvalue weighted by Gasteiger charge is 2.50. The summed E-state index contributed by atoms with van der Waals surface area (Å²) in [6.45, 7) is 12.5. The Morgan fingerprint density at radius 3 is 2.39 bits per heavy atom. The Morgan fingerprint density at radius 1 is 1.22 bits per heavy atom. The van der Waals surface area contributed by atoms with Gasteiger partial charge in [0.2, 0.25) is 0 Å². The van der Waals surface area contributed by atoms with Crippen LogP contribution in [0.4, 0.5) is 4.39 Å². The van der Waals surface area contributed by atoms with E-state index in [2.05, 4.69) is 27.4 Å². The first-order chi connectivity index (χ1) is 16.9. The molecule has 1 amide bonds. The van der Waals surface area contributed by atoms with Gasteiger partial charge in [0.05, 0.1) is 17.7 Å². The minimum Gasteiger partial charge on any atom is -0.363 e. The Morgan fingerprint density at radius 2 is 1.89 bits per heavy atom. The Bertz CT molecular complexity index is 1040. The third-order valence-corrected chi connectivity index (χ3v) is 8.32. The molecule has 0 spiro atoms. The summed E-state index contributed by atoms with van der Waals surface area (Å²) in [7, 11) is 0. The van der Waals surface area contributed by atoms with E-state index in [1.165, 1.54) is 6.07 Å². The monoisotopic (exact) mass is 551 g/mol. The number of hydrogen-bond acceptors (Lipinski definition) is 3. The average molecular weight is 553 g/mol. The van der Waals surface area contributed by atoms with Gasteiger partial charge in [-0.3, -0.25) is 4.79 Å². The zero-order valence-corrected chi connectivity index (χ0v) is 23.8. The number of carbonyl (C=O) groups excluding carboxylic acids is 1. The van der Waals surface area contributed by atoms with Crippen molar-refractivity contribution >= 4 is 40.9 Å². The van der Waals surface area contributed by atoms with Gasteiger partial charge in [-0.2, -0.15) is 11.8 Å². The molecule has 2 aromatic rings. The van der Waals surface area contributed by atoms with Crippen LogP contribution in [0, 0.1) is 11.7 Å². The summed E-state index contributed by atoms with van der Waals surface area (Å²) in [6.07, 6.45) is 4.43. The Hall–Kier alpha value is -1.53. The predicted octanol–water partition coefficient (Wildman–Crippen LogP) is 8.36. The van der Waals surface area contributed by atoms with E-state index in [0.717, 1.165) is 29.2 Å². The number of thioether (sulfide) groups is 1. The van der Waals surface area contributed by atoms with E-state index in [1.807, 2.05) is 53.9 Å². The molecular weight excluding hydrogens is 516 g/mol. The lowest BCUT2D eigenvalue weighted by atomic mass is 9.92. The molecule has 7 heteroatoms. The van der Waals surface area contributed by atoms with Crippen LogP contribution in [0.25, 0.3) is 0 Å². The smallest absolute Gasteiger partial charge is 0.255 e. The molecule has 0 aromatic heterocycles. The van der Waals surface area contributed by atoms with Crippen molar-refractivity contribution in [2.24, 2.45) is 5.92 Å². The summed E-state index contributed by atoms with van der Waals surface area (Å²) in [5.74, 6) is 0.842. The molecule has 1 aliphatic carbocycles. The second kappa shape index (κ2) is 12.3. The van der Waals surface area contributed by atoms with Crippen LogP contribution in [0.3, 0.4) is 0 Å². The molecule has 1 aliphatic heterocycles. The number of rotatable bonds is 7. The number of nitrogens with zero attached hydrogens (tertiary/aromatic N) is 1. The number of halogens is 3. The van der Waals surface area contributed by atoms with Crippen LogP contribution in [-0.4, -0.2) is 39.6 Å². The van der Waals surface area contributed by atoms with E-state index < -0.39 is 11.4 Å². The molecule has 2 fully saturated rings. The topological polar surface area (TPSA) is 29.5 Å². The third-order valence-electron chi connectivity index (χ3n) is 6.39. The highest BCUT2D eigenvalue weighted by atomic mass is 35.5. The van der Waals surface area contributed by atoms with Gasteiger partial charge >= 0.3 is 0 Å². The lowest BCUT2D eigenvalue weighted by Crippen LogP contribution is -2.60. The van der Waals surface area contributed by atoms with Gasteiger partial charge in [-0.05, 0) is 55.5 Å². The zero-order valence-electron chi connectivity index (χ0n) is 21.5. The predicted molar refractivity (Wildman–Crippen MR) is 150 cm³/mol. The van der Waals surface area contributed by atoms with Crippen molar-refractivity contribution < 1.29 is 13.9 Å². The fourth-order valence-corrected chi connectivity index (χ4v) is 5.64. The van der Waals surface area contributed by atoms with E-state index in [1.54, 1.807) is 18.2 Å². The highest BCUT2D eigenvalue weighted by molar-refractivity contribution is 8.00. The second-order valence-corrected chi connectivity index (χ2v) is 13.3. The number of hydrogen-bond donors (Lipinski definition) is 0. The maximum atomic E-state index is 14.2. The number of amides is 1. The SMILES string of the molecule is C=CC[C@@]1(C)OCC(c2ccc(Cl)c(F)c2)N(C(CSC(C)(C)C)C2CC2)C1=O.Clc1ccccc1. The largest absolute Gasteiger partial charge is 0.363 e. The van der Waals surface area contributed by atoms with Crippen LogP contribution in [0.5, 0.6) is 0 Å². The quantitative estimate of drug-likeness (QED) is 0.323. The first-order valence-corrected chi connectivity index (χ1v) is 14.1. The molecule has 196 valence electrons. The van der Waals surface area contributed by atoms with Gasteiger partial charge in [0.15, 0.2) is 0 Å². The zero-order chi connectivity index (χ0) is 26.5. The first kappa shape index (κ1) is 29.0. The molecule has 4 rings (SSSR count). The molecule has 1 saturated heterocycles. The summed E-state index contributed by atoms with van der Waals surface area (Å²) in [5.41, 5.74) is -0.199. The molecule has 1 saturated carbocycles. The fraction of sp³-hybridized carbons (Fsp3) is 0.483. The maximum absolute atomic E-state index is 14.2. The van der Waals surface area contributed by atoms with E-state index >= 15 is 0 Å². The van der Waals surface area contributed by atoms with Crippen molar-refractivity contribution in [1.82, 2.24) is 4.90 Å². The van der Waals surface area contributed by atoms with Gasteiger partial charge in [0.1, 0.15) is 11.4 Å². The molecular formula is C29H36Cl2FNO2S. The van der Waals surface area contributed by atoms with Crippen LogP contribution < -0.4 is 0 Å². The summed E-state index contributed by atoms with van der Waals surface area (Å²) in [5, 5.41) is 0.879. The van der Waals surface area contributed by atoms with Crippen LogP contribution in [0.2, 0.25) is 10.0 Å². The van der Waals surface area contributed by atoms with E-state index in [9.17, 15) is 9.18 Å². The molecule has 0 N–H and O–H groups in total. The second-order valence-electron chi connectivity index (χ2n) is 10.6. The number of morpholine rings is 1. The van der Waals surface area contributed by atoms with Gasteiger partial charge in [-0.25, -0.2) is 4.39 Å². The third kappa shape index (κ3) is 7.74. The number of carbonyl (C=O) groups is 1. The fourth-order valence-electron chi connectivity index (χ4n) is 4.27. The van der Waals surface area contributed by atoms with Crippen LogP contribution in [0.1, 0.15) is 58.6 Å². The van der Waals surface area contributed by atoms with Gasteiger partial charge in [0.25, 0.3) is 5.91 Å². The maximum Gasteiger partial charge on any atom is 0.255 e.